The van der Waals surface area contributed by atoms with Gasteiger partial charge in [0.1, 0.15) is 5.69 Å². The highest BCUT2D eigenvalue weighted by molar-refractivity contribution is 7.80. The van der Waals surface area contributed by atoms with Gasteiger partial charge in [-0.1, -0.05) is 13.3 Å². The fourth-order valence-corrected chi connectivity index (χ4v) is 1.73. The van der Waals surface area contributed by atoms with E-state index in [0.717, 1.165) is 19.4 Å². The largest absolute Gasteiger partial charge is 0.364 e. The normalized spacial score (nSPS) is 10.1. The van der Waals surface area contributed by atoms with Gasteiger partial charge in [0.05, 0.1) is 11.9 Å². The third kappa shape index (κ3) is 3.69. The van der Waals surface area contributed by atoms with Gasteiger partial charge in [-0.15, -0.1) is 0 Å². The number of carbonyl (C=O) groups is 1. The second kappa shape index (κ2) is 6.95. The number of hydrogen-bond acceptors (Lipinski definition) is 3. The van der Waals surface area contributed by atoms with Crippen LogP contribution in [0.25, 0.3) is 0 Å². The zero-order chi connectivity index (χ0) is 13.5. The lowest BCUT2D eigenvalue weighted by Crippen LogP contribution is -2.30. The van der Waals surface area contributed by atoms with Crippen molar-refractivity contribution in [3.05, 3.63) is 11.9 Å². The van der Waals surface area contributed by atoms with Gasteiger partial charge in [-0.05, 0) is 25.6 Å². The Kier molecular flexibility index (Phi) is 5.57. The quantitative estimate of drug-likeness (QED) is 0.532. The molecular formula is C11H19N5OS. The lowest BCUT2D eigenvalue weighted by atomic mass is 10.3. The summed E-state index contributed by atoms with van der Waals surface area (Å²) in [5.74, 6) is -0.520. The van der Waals surface area contributed by atoms with Crippen LogP contribution in [0.3, 0.4) is 0 Å². The van der Waals surface area contributed by atoms with E-state index in [0.29, 0.717) is 23.0 Å². The van der Waals surface area contributed by atoms with Crippen LogP contribution in [0, 0.1) is 0 Å². The van der Waals surface area contributed by atoms with Gasteiger partial charge >= 0.3 is 0 Å². The van der Waals surface area contributed by atoms with Gasteiger partial charge in [-0.3, -0.25) is 9.48 Å². The van der Waals surface area contributed by atoms with Gasteiger partial charge in [-0.25, -0.2) is 0 Å². The Balaban J connectivity index is 2.69. The van der Waals surface area contributed by atoms with Crippen LogP contribution in [-0.2, 0) is 6.54 Å². The molecule has 6 nitrogen and oxygen atoms in total. The predicted octanol–water partition coefficient (Wildman–Crippen LogP) is 1.09. The SMILES string of the molecule is CCCCNC(=S)Nc1cnn(CC)c1C(N)=O. The fraction of sp³-hybridized carbons (Fsp3) is 0.545. The van der Waals surface area contributed by atoms with Crippen LogP contribution in [-0.4, -0.2) is 27.3 Å². The Hall–Kier alpha value is -1.63. The molecule has 0 saturated heterocycles. The number of thiocarbonyl (C=S) groups is 1. The number of hydrogen-bond donors (Lipinski definition) is 3. The zero-order valence-corrected chi connectivity index (χ0v) is 11.5. The van der Waals surface area contributed by atoms with Crippen LogP contribution in [0.5, 0.6) is 0 Å². The summed E-state index contributed by atoms with van der Waals surface area (Å²) in [6.07, 6.45) is 3.69. The molecule has 1 rings (SSSR count). The average molecular weight is 269 g/mol. The summed E-state index contributed by atoms with van der Waals surface area (Å²) in [4.78, 5) is 11.4. The number of carbonyl (C=O) groups excluding carboxylic acids is 1. The van der Waals surface area contributed by atoms with Crippen molar-refractivity contribution in [2.24, 2.45) is 5.73 Å². The highest BCUT2D eigenvalue weighted by atomic mass is 32.1. The van der Waals surface area contributed by atoms with Crippen LogP contribution in [0.1, 0.15) is 37.2 Å². The Morgan fingerprint density at radius 3 is 2.83 bits per heavy atom. The standard InChI is InChI=1S/C11H19N5OS/c1-3-5-6-13-11(18)15-8-7-14-16(4-2)9(8)10(12)17/h7H,3-6H2,1-2H3,(H2,12,17)(H2,13,15,18). The molecule has 0 aliphatic carbocycles. The maximum absolute atomic E-state index is 11.4. The highest BCUT2D eigenvalue weighted by Crippen LogP contribution is 2.14. The number of unbranched alkanes of at least 4 members (excludes halogenated alkanes) is 1. The Morgan fingerprint density at radius 2 is 2.28 bits per heavy atom. The molecule has 18 heavy (non-hydrogen) atoms. The molecule has 1 aromatic heterocycles. The highest BCUT2D eigenvalue weighted by Gasteiger charge is 2.15. The number of aryl methyl sites for hydroxylation is 1. The van der Waals surface area contributed by atoms with E-state index in [1.54, 1.807) is 10.9 Å². The van der Waals surface area contributed by atoms with Crippen LogP contribution < -0.4 is 16.4 Å². The molecule has 1 aromatic rings. The molecule has 0 fully saturated rings. The molecule has 1 amide bonds. The molecule has 0 radical (unpaired) electrons. The van der Waals surface area contributed by atoms with Crippen molar-refractivity contribution in [1.82, 2.24) is 15.1 Å². The lowest BCUT2D eigenvalue weighted by molar-refractivity contribution is 0.0991. The number of aromatic nitrogens is 2. The molecule has 7 heteroatoms. The summed E-state index contributed by atoms with van der Waals surface area (Å²) in [5.41, 5.74) is 6.21. The summed E-state index contributed by atoms with van der Waals surface area (Å²) in [6.45, 7) is 5.38. The van der Waals surface area contributed by atoms with Crippen molar-refractivity contribution >= 4 is 28.9 Å². The molecule has 1 heterocycles. The third-order valence-corrected chi connectivity index (χ3v) is 2.68. The number of nitrogens with two attached hydrogens (primary N) is 1. The molecular weight excluding hydrogens is 250 g/mol. The summed E-state index contributed by atoms with van der Waals surface area (Å²) < 4.78 is 1.54. The molecule has 0 aromatic carbocycles. The van der Waals surface area contributed by atoms with E-state index in [-0.39, 0.29) is 0 Å². The lowest BCUT2D eigenvalue weighted by Gasteiger charge is -2.10. The molecule has 0 atom stereocenters. The minimum Gasteiger partial charge on any atom is -0.364 e. The first-order chi connectivity index (χ1) is 8.60. The van der Waals surface area contributed by atoms with Gasteiger partial charge in [0.25, 0.3) is 5.91 Å². The Morgan fingerprint density at radius 1 is 1.56 bits per heavy atom. The van der Waals surface area contributed by atoms with E-state index in [9.17, 15) is 4.79 Å². The molecule has 100 valence electrons. The molecule has 0 unspecified atom stereocenters. The number of nitrogens with one attached hydrogen (secondary N) is 2. The van der Waals surface area contributed by atoms with E-state index >= 15 is 0 Å². The molecule has 0 aliphatic rings. The molecule has 0 bridgehead atoms. The van der Waals surface area contributed by atoms with Crippen molar-refractivity contribution < 1.29 is 4.79 Å². The van der Waals surface area contributed by atoms with Gasteiger partial charge in [0, 0.05) is 13.1 Å². The summed E-state index contributed by atoms with van der Waals surface area (Å²) in [5, 5.41) is 10.5. The predicted molar refractivity (Wildman–Crippen MR) is 75.6 cm³/mol. The number of primary amides is 1. The topological polar surface area (TPSA) is 85.0 Å². The van der Waals surface area contributed by atoms with Crippen LogP contribution >= 0.6 is 12.2 Å². The summed E-state index contributed by atoms with van der Waals surface area (Å²) >= 11 is 5.13. The van der Waals surface area contributed by atoms with Crippen molar-refractivity contribution in [2.75, 3.05) is 11.9 Å². The minimum atomic E-state index is -0.520. The van der Waals surface area contributed by atoms with E-state index in [2.05, 4.69) is 22.7 Å². The maximum atomic E-state index is 11.4. The van der Waals surface area contributed by atoms with Crippen LogP contribution in [0.4, 0.5) is 5.69 Å². The van der Waals surface area contributed by atoms with Crippen molar-refractivity contribution in [3.8, 4) is 0 Å². The number of nitrogens with zero attached hydrogens (tertiary/aromatic N) is 2. The van der Waals surface area contributed by atoms with Gasteiger partial charge in [0.2, 0.25) is 0 Å². The van der Waals surface area contributed by atoms with E-state index in [4.69, 9.17) is 18.0 Å². The first-order valence-corrected chi connectivity index (χ1v) is 6.41. The minimum absolute atomic E-state index is 0.345. The molecule has 0 saturated carbocycles. The van der Waals surface area contributed by atoms with Crippen LogP contribution in [0.2, 0.25) is 0 Å². The van der Waals surface area contributed by atoms with E-state index < -0.39 is 5.91 Å². The monoisotopic (exact) mass is 269 g/mol. The second-order valence-electron chi connectivity index (χ2n) is 3.82. The Labute approximate surface area is 112 Å². The first-order valence-electron chi connectivity index (χ1n) is 6.00. The maximum Gasteiger partial charge on any atom is 0.269 e. The summed E-state index contributed by atoms with van der Waals surface area (Å²) in [7, 11) is 0. The number of amides is 1. The Bertz CT molecular complexity index is 429. The average Bonchev–Trinajstić information content (AvgIpc) is 2.72. The van der Waals surface area contributed by atoms with Crippen LogP contribution in [0.15, 0.2) is 6.20 Å². The van der Waals surface area contributed by atoms with E-state index in [1.165, 1.54) is 0 Å². The van der Waals surface area contributed by atoms with E-state index in [1.807, 2.05) is 6.92 Å². The smallest absolute Gasteiger partial charge is 0.269 e. The summed E-state index contributed by atoms with van der Waals surface area (Å²) in [6, 6.07) is 0. The van der Waals surface area contributed by atoms with Gasteiger partial charge in [0.15, 0.2) is 5.11 Å². The molecule has 0 aliphatic heterocycles. The van der Waals surface area contributed by atoms with Crippen molar-refractivity contribution in [1.29, 1.82) is 0 Å². The number of rotatable bonds is 6. The third-order valence-electron chi connectivity index (χ3n) is 2.44. The number of anilines is 1. The van der Waals surface area contributed by atoms with Gasteiger partial charge in [-0.2, -0.15) is 5.10 Å². The molecule has 0 spiro atoms. The second-order valence-corrected chi connectivity index (χ2v) is 4.23. The van der Waals surface area contributed by atoms with Crippen molar-refractivity contribution in [3.63, 3.8) is 0 Å². The first kappa shape index (κ1) is 14.4. The van der Waals surface area contributed by atoms with Crippen molar-refractivity contribution in [2.45, 2.75) is 33.2 Å². The van der Waals surface area contributed by atoms with Gasteiger partial charge < -0.3 is 16.4 Å². The zero-order valence-electron chi connectivity index (χ0n) is 10.7. The molecule has 4 N–H and O–H groups in total. The fourth-order valence-electron chi connectivity index (χ4n) is 1.52.